The molecule has 0 aliphatic heterocycles. The number of nitrogens with zero attached hydrogens (tertiary/aromatic N) is 3. The number of carbonyl (C=O) groups excluding carboxylic acids is 1. The van der Waals surface area contributed by atoms with E-state index in [9.17, 15) is 4.79 Å². The van der Waals surface area contributed by atoms with E-state index in [0.29, 0.717) is 12.1 Å². The van der Waals surface area contributed by atoms with Crippen LogP contribution in [0.25, 0.3) is 22.0 Å². The summed E-state index contributed by atoms with van der Waals surface area (Å²) in [6.45, 7) is 4.64. The van der Waals surface area contributed by atoms with Crippen LogP contribution < -0.4 is 5.73 Å². The van der Waals surface area contributed by atoms with Gasteiger partial charge < -0.3 is 10.3 Å². The molecular formula is C22H20N4OS. The minimum absolute atomic E-state index is 0.426. The minimum Gasteiger partial charge on any atom is -0.366 e. The van der Waals surface area contributed by atoms with Crippen molar-refractivity contribution in [3.05, 3.63) is 82.6 Å². The van der Waals surface area contributed by atoms with Gasteiger partial charge in [0.2, 0.25) is 0 Å². The Balaban J connectivity index is 1.79. The molecular weight excluding hydrogens is 368 g/mol. The van der Waals surface area contributed by atoms with Crippen LogP contribution >= 0.6 is 11.3 Å². The summed E-state index contributed by atoms with van der Waals surface area (Å²) in [4.78, 5) is 20.9. The lowest BCUT2D eigenvalue weighted by molar-refractivity contribution is 0.0999. The molecule has 4 aromatic rings. The zero-order valence-electron chi connectivity index (χ0n) is 15.7. The van der Waals surface area contributed by atoms with Gasteiger partial charge in [0.1, 0.15) is 5.01 Å². The number of aryl methyl sites for hydroxylation is 1. The van der Waals surface area contributed by atoms with Gasteiger partial charge in [0.15, 0.2) is 0 Å². The molecule has 0 atom stereocenters. The van der Waals surface area contributed by atoms with E-state index in [1.807, 2.05) is 36.6 Å². The molecule has 0 spiro atoms. The molecule has 1 aromatic carbocycles. The smallest absolute Gasteiger partial charge is 0.250 e. The maximum atomic E-state index is 11.9. The first kappa shape index (κ1) is 18.1. The van der Waals surface area contributed by atoms with E-state index < -0.39 is 5.91 Å². The molecule has 3 aromatic heterocycles. The number of benzene rings is 1. The summed E-state index contributed by atoms with van der Waals surface area (Å²) >= 11 is 1.56. The fourth-order valence-electron chi connectivity index (χ4n) is 3.32. The van der Waals surface area contributed by atoms with Crippen molar-refractivity contribution in [2.24, 2.45) is 5.73 Å². The molecule has 4 rings (SSSR count). The predicted octanol–water partition coefficient (Wildman–Crippen LogP) is 4.44. The van der Waals surface area contributed by atoms with Gasteiger partial charge in [-0.1, -0.05) is 29.8 Å². The lowest BCUT2D eigenvalue weighted by Crippen LogP contribution is -2.12. The van der Waals surface area contributed by atoms with Gasteiger partial charge in [-0.3, -0.25) is 9.78 Å². The molecule has 140 valence electrons. The fraction of sp³-hybridized carbons (Fsp3) is 0.136. The van der Waals surface area contributed by atoms with Crippen molar-refractivity contribution < 1.29 is 4.79 Å². The van der Waals surface area contributed by atoms with Crippen LogP contribution in [0.5, 0.6) is 0 Å². The fourth-order valence-corrected chi connectivity index (χ4v) is 4.12. The van der Waals surface area contributed by atoms with Gasteiger partial charge in [-0.25, -0.2) is 4.98 Å². The van der Waals surface area contributed by atoms with Crippen molar-refractivity contribution >= 4 is 17.2 Å². The molecule has 0 aliphatic carbocycles. The second kappa shape index (κ2) is 7.40. The standard InChI is InChI=1S/C22H20N4OS/c1-14-5-3-6-16(9-14)12-26-15(2)18(21(23)27)10-20(26)19-13-28-22(25-19)17-7-4-8-24-11-17/h3-11,13H,12H2,1-2H3,(H2,23,27). The highest BCUT2D eigenvalue weighted by Crippen LogP contribution is 2.31. The lowest BCUT2D eigenvalue weighted by Gasteiger charge is -2.11. The van der Waals surface area contributed by atoms with Crippen molar-refractivity contribution in [1.82, 2.24) is 14.5 Å². The number of nitrogens with two attached hydrogens (primary N) is 1. The molecule has 6 heteroatoms. The van der Waals surface area contributed by atoms with Crippen LogP contribution in [-0.4, -0.2) is 20.4 Å². The Morgan fingerprint density at radius 3 is 2.75 bits per heavy atom. The Labute approximate surface area is 167 Å². The highest BCUT2D eigenvalue weighted by atomic mass is 32.1. The summed E-state index contributed by atoms with van der Waals surface area (Å²) < 4.78 is 2.11. The van der Waals surface area contributed by atoms with Gasteiger partial charge in [0.05, 0.1) is 17.0 Å². The van der Waals surface area contributed by atoms with Gasteiger partial charge in [0, 0.05) is 35.6 Å². The molecule has 0 saturated heterocycles. The second-order valence-corrected chi connectivity index (χ2v) is 7.61. The molecule has 0 unspecified atom stereocenters. The van der Waals surface area contributed by atoms with Crippen molar-refractivity contribution in [3.63, 3.8) is 0 Å². The predicted molar refractivity (Wildman–Crippen MR) is 112 cm³/mol. The average Bonchev–Trinajstić information content (AvgIpc) is 3.28. The molecule has 5 nitrogen and oxygen atoms in total. The van der Waals surface area contributed by atoms with Crippen LogP contribution in [-0.2, 0) is 6.54 Å². The van der Waals surface area contributed by atoms with Crippen LogP contribution in [0.4, 0.5) is 0 Å². The Morgan fingerprint density at radius 1 is 1.18 bits per heavy atom. The largest absolute Gasteiger partial charge is 0.366 e. The number of amides is 1. The van der Waals surface area contributed by atoms with E-state index >= 15 is 0 Å². The van der Waals surface area contributed by atoms with Crippen molar-refractivity contribution in [2.45, 2.75) is 20.4 Å². The minimum atomic E-state index is -0.426. The molecule has 2 N–H and O–H groups in total. The molecule has 0 fully saturated rings. The molecule has 0 radical (unpaired) electrons. The van der Waals surface area contributed by atoms with Gasteiger partial charge in [-0.2, -0.15) is 0 Å². The van der Waals surface area contributed by atoms with Gasteiger partial charge in [-0.05, 0) is 37.6 Å². The summed E-state index contributed by atoms with van der Waals surface area (Å²) in [6, 6.07) is 14.1. The van der Waals surface area contributed by atoms with E-state index in [1.165, 1.54) is 11.1 Å². The van der Waals surface area contributed by atoms with Crippen LogP contribution in [0.15, 0.2) is 60.2 Å². The van der Waals surface area contributed by atoms with Gasteiger partial charge in [0.25, 0.3) is 5.91 Å². The van der Waals surface area contributed by atoms with Crippen molar-refractivity contribution in [3.8, 4) is 22.0 Å². The highest BCUT2D eigenvalue weighted by molar-refractivity contribution is 7.13. The van der Waals surface area contributed by atoms with Gasteiger partial charge >= 0.3 is 0 Å². The van der Waals surface area contributed by atoms with E-state index in [4.69, 9.17) is 10.7 Å². The number of carbonyl (C=O) groups is 1. The molecule has 0 bridgehead atoms. The first-order chi connectivity index (χ1) is 13.5. The number of primary amides is 1. The number of hydrogen-bond acceptors (Lipinski definition) is 4. The third-order valence-corrected chi connectivity index (χ3v) is 5.62. The van der Waals surface area contributed by atoms with E-state index in [2.05, 4.69) is 34.7 Å². The van der Waals surface area contributed by atoms with Crippen LogP contribution in [0.2, 0.25) is 0 Å². The Bertz CT molecular complexity index is 1140. The molecule has 1 amide bonds. The summed E-state index contributed by atoms with van der Waals surface area (Å²) in [5.41, 5.74) is 12.0. The van der Waals surface area contributed by atoms with Gasteiger partial charge in [-0.15, -0.1) is 11.3 Å². The molecule has 3 heterocycles. The summed E-state index contributed by atoms with van der Waals surface area (Å²) in [7, 11) is 0. The lowest BCUT2D eigenvalue weighted by atomic mass is 10.1. The van der Waals surface area contributed by atoms with Crippen molar-refractivity contribution in [2.75, 3.05) is 0 Å². The second-order valence-electron chi connectivity index (χ2n) is 6.75. The normalized spacial score (nSPS) is 10.9. The first-order valence-corrected chi connectivity index (χ1v) is 9.82. The maximum absolute atomic E-state index is 11.9. The Kier molecular flexibility index (Phi) is 4.79. The van der Waals surface area contributed by atoms with Crippen LogP contribution in [0.3, 0.4) is 0 Å². The highest BCUT2D eigenvalue weighted by Gasteiger charge is 2.19. The monoisotopic (exact) mass is 388 g/mol. The summed E-state index contributed by atoms with van der Waals surface area (Å²) in [5, 5.41) is 2.90. The summed E-state index contributed by atoms with van der Waals surface area (Å²) in [5.74, 6) is -0.426. The maximum Gasteiger partial charge on any atom is 0.250 e. The van der Waals surface area contributed by atoms with Crippen LogP contribution in [0, 0.1) is 13.8 Å². The topological polar surface area (TPSA) is 73.8 Å². The average molecular weight is 388 g/mol. The van der Waals surface area contributed by atoms with Crippen LogP contribution in [0.1, 0.15) is 27.2 Å². The Morgan fingerprint density at radius 2 is 2.04 bits per heavy atom. The quantitative estimate of drug-likeness (QED) is 0.549. The summed E-state index contributed by atoms with van der Waals surface area (Å²) in [6.07, 6.45) is 3.54. The Hall–Kier alpha value is -3.25. The van der Waals surface area contributed by atoms with E-state index in [1.54, 1.807) is 23.7 Å². The number of hydrogen-bond donors (Lipinski definition) is 1. The zero-order valence-corrected chi connectivity index (χ0v) is 16.5. The van der Waals surface area contributed by atoms with E-state index in [0.717, 1.165) is 27.7 Å². The number of pyridine rings is 1. The molecule has 28 heavy (non-hydrogen) atoms. The first-order valence-electron chi connectivity index (χ1n) is 8.94. The molecule has 0 saturated carbocycles. The van der Waals surface area contributed by atoms with Crippen molar-refractivity contribution in [1.29, 1.82) is 0 Å². The molecule has 0 aliphatic rings. The zero-order chi connectivity index (χ0) is 19.7. The third-order valence-electron chi connectivity index (χ3n) is 4.73. The number of thiazole rings is 1. The number of rotatable bonds is 5. The number of aromatic nitrogens is 3. The van der Waals surface area contributed by atoms with E-state index in [-0.39, 0.29) is 0 Å². The SMILES string of the molecule is Cc1cccc(Cn2c(-c3csc(-c4cccnc4)n3)cc(C(N)=O)c2C)c1. The third kappa shape index (κ3) is 3.46.